The molecule has 0 amide bonds. The molecule has 25 heavy (non-hydrogen) atoms. The quantitative estimate of drug-likeness (QED) is 0.627. The Bertz CT molecular complexity index is 1030. The average Bonchev–Trinajstić information content (AvgIpc) is 2.58. The van der Waals surface area contributed by atoms with Gasteiger partial charge in [0.15, 0.2) is 5.76 Å². The lowest BCUT2D eigenvalue weighted by Gasteiger charge is -2.23. The summed E-state index contributed by atoms with van der Waals surface area (Å²) in [6.07, 6.45) is 1.60. The summed E-state index contributed by atoms with van der Waals surface area (Å²) in [6.45, 7) is 7.34. The molecule has 0 aliphatic heterocycles. The van der Waals surface area contributed by atoms with E-state index in [2.05, 4.69) is 6.58 Å². The Hall–Kier alpha value is -3.21. The van der Waals surface area contributed by atoms with Crippen LogP contribution in [0.5, 0.6) is 17.2 Å². The Morgan fingerprint density at radius 1 is 1.08 bits per heavy atom. The van der Waals surface area contributed by atoms with E-state index in [0.29, 0.717) is 11.1 Å². The molecule has 3 aromatic rings. The van der Waals surface area contributed by atoms with Gasteiger partial charge in [0.05, 0.1) is 0 Å². The van der Waals surface area contributed by atoms with Crippen LogP contribution in [-0.4, -0.2) is 15.3 Å². The van der Waals surface area contributed by atoms with Crippen molar-refractivity contribution in [1.29, 1.82) is 0 Å². The van der Waals surface area contributed by atoms with Crippen molar-refractivity contribution in [3.63, 3.8) is 0 Å². The Labute approximate surface area is 144 Å². The number of aromatic hydroxyl groups is 3. The van der Waals surface area contributed by atoms with Crippen LogP contribution in [0.25, 0.3) is 22.3 Å². The van der Waals surface area contributed by atoms with Gasteiger partial charge in [-0.05, 0) is 0 Å². The molecular weight excluding hydrogens is 320 g/mol. The van der Waals surface area contributed by atoms with E-state index in [1.54, 1.807) is 50.3 Å². The lowest BCUT2D eigenvalue weighted by molar-refractivity contribution is 0.428. The number of phenols is 2. The van der Waals surface area contributed by atoms with Crippen molar-refractivity contribution >= 4 is 11.0 Å². The summed E-state index contributed by atoms with van der Waals surface area (Å²) in [4.78, 5) is 12.6. The van der Waals surface area contributed by atoms with Crippen molar-refractivity contribution in [2.24, 2.45) is 0 Å². The van der Waals surface area contributed by atoms with Gasteiger partial charge in [0.2, 0.25) is 11.2 Å². The molecule has 0 fully saturated rings. The minimum atomic E-state index is -0.765. The summed E-state index contributed by atoms with van der Waals surface area (Å²) >= 11 is 0. The molecular formula is C20H18O5. The maximum Gasteiger partial charge on any atom is 0.238 e. The summed E-state index contributed by atoms with van der Waals surface area (Å²) in [5.74, 6) is -1.30. The third-order valence-electron chi connectivity index (χ3n) is 4.29. The highest BCUT2D eigenvalue weighted by Gasteiger charge is 2.29. The second-order valence-corrected chi connectivity index (χ2v) is 6.39. The SMILES string of the molecule is C=CC(C)(C)c1c(O)cc(O)c2c(=O)c(O)c(-c3ccccc3)oc12. The summed E-state index contributed by atoms with van der Waals surface area (Å²) in [7, 11) is 0. The van der Waals surface area contributed by atoms with Crippen molar-refractivity contribution in [2.75, 3.05) is 0 Å². The van der Waals surface area contributed by atoms with Gasteiger partial charge in [0.1, 0.15) is 22.5 Å². The highest BCUT2D eigenvalue weighted by molar-refractivity contribution is 5.91. The molecule has 0 saturated heterocycles. The Kier molecular flexibility index (Phi) is 3.80. The fourth-order valence-corrected chi connectivity index (χ4v) is 2.83. The number of allylic oxidation sites excluding steroid dienone is 1. The van der Waals surface area contributed by atoms with Crippen LogP contribution in [0.1, 0.15) is 19.4 Å². The third kappa shape index (κ3) is 2.54. The molecule has 1 heterocycles. The number of fused-ring (bicyclic) bond motifs is 1. The number of hydrogen-bond acceptors (Lipinski definition) is 5. The van der Waals surface area contributed by atoms with Crippen LogP contribution in [0.15, 0.2) is 58.3 Å². The lowest BCUT2D eigenvalue weighted by Crippen LogP contribution is -2.15. The Balaban J connectivity index is 2.53. The Morgan fingerprint density at radius 3 is 2.32 bits per heavy atom. The first-order valence-electron chi connectivity index (χ1n) is 7.72. The second kappa shape index (κ2) is 5.70. The van der Waals surface area contributed by atoms with E-state index >= 15 is 0 Å². The topological polar surface area (TPSA) is 90.9 Å². The van der Waals surface area contributed by atoms with Gasteiger partial charge >= 0.3 is 0 Å². The largest absolute Gasteiger partial charge is 0.507 e. The summed E-state index contributed by atoms with van der Waals surface area (Å²) in [6, 6.07) is 9.72. The van der Waals surface area contributed by atoms with E-state index < -0.39 is 22.3 Å². The second-order valence-electron chi connectivity index (χ2n) is 6.39. The highest BCUT2D eigenvalue weighted by Crippen LogP contribution is 2.43. The monoisotopic (exact) mass is 338 g/mol. The third-order valence-corrected chi connectivity index (χ3v) is 4.29. The standard InChI is InChI=1S/C20H18O5/c1-4-20(2,3)15-13(22)10-12(21)14-16(23)17(24)18(25-19(14)15)11-8-6-5-7-9-11/h4-10,21-22,24H,1H2,2-3H3. The zero-order chi connectivity index (χ0) is 18.4. The van der Waals surface area contributed by atoms with E-state index in [-0.39, 0.29) is 22.5 Å². The van der Waals surface area contributed by atoms with Crippen molar-refractivity contribution in [3.8, 4) is 28.6 Å². The summed E-state index contributed by atoms with van der Waals surface area (Å²) in [5.41, 5.74) is -0.673. The smallest absolute Gasteiger partial charge is 0.238 e. The summed E-state index contributed by atoms with van der Waals surface area (Å²) < 4.78 is 5.82. The van der Waals surface area contributed by atoms with Gasteiger partial charge in [-0.15, -0.1) is 6.58 Å². The predicted octanol–water partition coefficient (Wildman–Crippen LogP) is 4.04. The molecule has 0 spiro atoms. The molecule has 3 N–H and O–H groups in total. The van der Waals surface area contributed by atoms with Gasteiger partial charge in [-0.1, -0.05) is 50.3 Å². The van der Waals surface area contributed by atoms with Crippen LogP contribution >= 0.6 is 0 Å². The first-order valence-corrected chi connectivity index (χ1v) is 7.72. The highest BCUT2D eigenvalue weighted by atomic mass is 16.4. The number of phenolic OH excluding ortho intramolecular Hbond substituents is 2. The first-order chi connectivity index (χ1) is 11.8. The normalized spacial score (nSPS) is 11.6. The number of rotatable bonds is 3. The van der Waals surface area contributed by atoms with E-state index in [9.17, 15) is 20.1 Å². The lowest BCUT2D eigenvalue weighted by atomic mass is 9.83. The van der Waals surface area contributed by atoms with Gasteiger partial charge in [-0.2, -0.15) is 0 Å². The minimum Gasteiger partial charge on any atom is -0.507 e. The van der Waals surface area contributed by atoms with E-state index in [1.165, 1.54) is 0 Å². The number of hydrogen-bond donors (Lipinski definition) is 3. The molecule has 0 saturated carbocycles. The van der Waals surface area contributed by atoms with Crippen molar-refractivity contribution < 1.29 is 19.7 Å². The maximum atomic E-state index is 12.6. The molecule has 2 aromatic carbocycles. The number of benzene rings is 2. The molecule has 0 radical (unpaired) electrons. The summed E-state index contributed by atoms with van der Waals surface area (Å²) in [5, 5.41) is 30.6. The van der Waals surface area contributed by atoms with Gasteiger partial charge in [-0.3, -0.25) is 4.79 Å². The molecule has 1 aromatic heterocycles. The molecule has 0 atom stereocenters. The maximum absolute atomic E-state index is 12.6. The van der Waals surface area contributed by atoms with Crippen LogP contribution in [0.2, 0.25) is 0 Å². The fraction of sp³-hybridized carbons (Fsp3) is 0.150. The van der Waals surface area contributed by atoms with Gasteiger partial charge in [0.25, 0.3) is 0 Å². The molecule has 0 bridgehead atoms. The van der Waals surface area contributed by atoms with Crippen LogP contribution in [0, 0.1) is 0 Å². The van der Waals surface area contributed by atoms with Crippen LogP contribution in [0.3, 0.4) is 0 Å². The molecule has 128 valence electrons. The average molecular weight is 338 g/mol. The molecule has 3 rings (SSSR count). The van der Waals surface area contributed by atoms with Crippen LogP contribution in [-0.2, 0) is 5.41 Å². The van der Waals surface area contributed by atoms with Crippen LogP contribution < -0.4 is 5.43 Å². The first kappa shape index (κ1) is 16.6. The van der Waals surface area contributed by atoms with E-state index in [0.717, 1.165) is 6.07 Å². The zero-order valence-electron chi connectivity index (χ0n) is 13.9. The Morgan fingerprint density at radius 2 is 1.72 bits per heavy atom. The van der Waals surface area contributed by atoms with Crippen LogP contribution in [0.4, 0.5) is 0 Å². The molecule has 0 unspecified atom stereocenters. The minimum absolute atomic E-state index is 0.0176. The van der Waals surface area contributed by atoms with Gasteiger partial charge in [-0.25, -0.2) is 0 Å². The van der Waals surface area contributed by atoms with Gasteiger partial charge < -0.3 is 19.7 Å². The predicted molar refractivity (Wildman–Crippen MR) is 96.1 cm³/mol. The fourth-order valence-electron chi connectivity index (χ4n) is 2.83. The van der Waals surface area contributed by atoms with E-state index in [4.69, 9.17) is 4.42 Å². The molecule has 0 aliphatic carbocycles. The molecule has 5 nitrogen and oxygen atoms in total. The van der Waals surface area contributed by atoms with E-state index in [1.807, 2.05) is 0 Å². The van der Waals surface area contributed by atoms with Crippen molar-refractivity contribution in [2.45, 2.75) is 19.3 Å². The zero-order valence-corrected chi connectivity index (χ0v) is 13.9. The van der Waals surface area contributed by atoms with Crippen molar-refractivity contribution in [1.82, 2.24) is 0 Å². The molecule has 5 heteroatoms. The molecule has 0 aliphatic rings. The van der Waals surface area contributed by atoms with Gasteiger partial charge in [0, 0.05) is 22.6 Å². The van der Waals surface area contributed by atoms with Crippen molar-refractivity contribution in [3.05, 3.63) is 64.8 Å².